The topological polar surface area (TPSA) is 56.6 Å². The van der Waals surface area contributed by atoms with Crippen LogP contribution in [0.3, 0.4) is 0 Å². The summed E-state index contributed by atoms with van der Waals surface area (Å²) in [6.45, 7) is 3.77. The molecule has 90 valence electrons. The Balaban J connectivity index is 2.16. The van der Waals surface area contributed by atoms with E-state index in [1.807, 2.05) is 6.92 Å². The number of aromatic nitrogens is 1. The van der Waals surface area contributed by atoms with E-state index in [2.05, 4.69) is 9.88 Å². The van der Waals surface area contributed by atoms with Crippen LogP contribution in [-0.4, -0.2) is 34.9 Å². The number of rotatable bonds is 3. The number of aliphatic hydroxyl groups excluding tert-OH is 2. The fourth-order valence-corrected chi connectivity index (χ4v) is 3.10. The molecule has 0 aromatic carbocycles. The highest BCUT2D eigenvalue weighted by Gasteiger charge is 2.19. The molecule has 0 saturated carbocycles. The quantitative estimate of drug-likeness (QED) is 0.842. The number of aliphatic hydroxyl groups is 2. The van der Waals surface area contributed by atoms with Gasteiger partial charge in [-0.15, -0.1) is 0 Å². The molecule has 0 radical (unpaired) electrons. The first kappa shape index (κ1) is 11.8. The van der Waals surface area contributed by atoms with Crippen LogP contribution in [0.15, 0.2) is 0 Å². The Kier molecular flexibility index (Phi) is 3.78. The molecule has 1 aliphatic rings. The molecule has 2 rings (SSSR count). The maximum absolute atomic E-state index is 9.62. The van der Waals surface area contributed by atoms with E-state index in [-0.39, 0.29) is 6.61 Å². The van der Waals surface area contributed by atoms with Gasteiger partial charge in [0.1, 0.15) is 6.10 Å². The van der Waals surface area contributed by atoms with Gasteiger partial charge in [-0.1, -0.05) is 11.3 Å². The van der Waals surface area contributed by atoms with Gasteiger partial charge < -0.3 is 15.1 Å². The standard InChI is InChI=1S/C11H18N2O2S/c1-8-10(9(15)7-14)16-11(12-8)13-5-3-2-4-6-13/h9,14-15H,2-7H2,1H3. The van der Waals surface area contributed by atoms with Gasteiger partial charge in [0.25, 0.3) is 0 Å². The number of aryl methyl sites for hydroxylation is 1. The molecule has 1 aromatic heterocycles. The first-order valence-corrected chi connectivity index (χ1v) is 6.55. The highest BCUT2D eigenvalue weighted by atomic mass is 32.1. The van der Waals surface area contributed by atoms with Crippen LogP contribution in [0, 0.1) is 6.92 Å². The van der Waals surface area contributed by atoms with E-state index < -0.39 is 6.10 Å². The van der Waals surface area contributed by atoms with Crippen molar-refractivity contribution in [2.45, 2.75) is 32.3 Å². The second kappa shape index (κ2) is 5.12. The summed E-state index contributed by atoms with van der Waals surface area (Å²) in [7, 11) is 0. The Morgan fingerprint density at radius 2 is 2.06 bits per heavy atom. The Labute approximate surface area is 99.6 Å². The van der Waals surface area contributed by atoms with Crippen molar-refractivity contribution < 1.29 is 10.2 Å². The molecular weight excluding hydrogens is 224 g/mol. The third kappa shape index (κ3) is 2.36. The zero-order chi connectivity index (χ0) is 11.5. The van der Waals surface area contributed by atoms with Gasteiger partial charge in [0, 0.05) is 13.1 Å². The molecule has 2 N–H and O–H groups in total. The van der Waals surface area contributed by atoms with Crippen molar-refractivity contribution in [2.24, 2.45) is 0 Å². The Morgan fingerprint density at radius 3 is 2.69 bits per heavy atom. The average molecular weight is 242 g/mol. The lowest BCUT2D eigenvalue weighted by atomic mass is 10.1. The van der Waals surface area contributed by atoms with Gasteiger partial charge in [-0.05, 0) is 26.2 Å². The normalized spacial score (nSPS) is 18.8. The van der Waals surface area contributed by atoms with Gasteiger partial charge in [-0.3, -0.25) is 0 Å². The van der Waals surface area contributed by atoms with Crippen molar-refractivity contribution in [3.05, 3.63) is 10.6 Å². The van der Waals surface area contributed by atoms with Gasteiger partial charge in [0.2, 0.25) is 0 Å². The van der Waals surface area contributed by atoms with E-state index in [0.29, 0.717) is 0 Å². The van der Waals surface area contributed by atoms with Gasteiger partial charge in [0.15, 0.2) is 5.13 Å². The molecule has 16 heavy (non-hydrogen) atoms. The lowest BCUT2D eigenvalue weighted by Gasteiger charge is -2.25. The summed E-state index contributed by atoms with van der Waals surface area (Å²) in [6, 6.07) is 0. The van der Waals surface area contributed by atoms with Crippen LogP contribution in [0.5, 0.6) is 0 Å². The zero-order valence-electron chi connectivity index (χ0n) is 9.52. The number of thiazole rings is 1. The maximum Gasteiger partial charge on any atom is 0.185 e. The second-order valence-electron chi connectivity index (χ2n) is 4.19. The summed E-state index contributed by atoms with van der Waals surface area (Å²) in [6.07, 6.45) is 2.95. The van der Waals surface area contributed by atoms with Crippen LogP contribution in [0.1, 0.15) is 35.9 Å². The SMILES string of the molecule is Cc1nc(N2CCCCC2)sc1C(O)CO. The minimum atomic E-state index is -0.781. The lowest BCUT2D eigenvalue weighted by Crippen LogP contribution is -2.29. The molecule has 1 fully saturated rings. The zero-order valence-corrected chi connectivity index (χ0v) is 10.3. The third-order valence-corrected chi connectivity index (χ3v) is 4.24. The van der Waals surface area contributed by atoms with E-state index >= 15 is 0 Å². The summed E-state index contributed by atoms with van der Waals surface area (Å²) in [4.78, 5) is 7.54. The Hall–Kier alpha value is -0.650. The van der Waals surface area contributed by atoms with Crippen LogP contribution >= 0.6 is 11.3 Å². The summed E-state index contributed by atoms with van der Waals surface area (Å²) in [5, 5.41) is 19.6. The molecule has 1 aliphatic heterocycles. The molecule has 1 saturated heterocycles. The van der Waals surface area contributed by atoms with E-state index in [4.69, 9.17) is 5.11 Å². The summed E-state index contributed by atoms with van der Waals surface area (Å²) in [5.74, 6) is 0. The Morgan fingerprint density at radius 1 is 1.38 bits per heavy atom. The largest absolute Gasteiger partial charge is 0.393 e. The van der Waals surface area contributed by atoms with Gasteiger partial charge in [-0.2, -0.15) is 0 Å². The van der Waals surface area contributed by atoms with Gasteiger partial charge in [-0.25, -0.2) is 4.98 Å². The third-order valence-electron chi connectivity index (χ3n) is 2.92. The summed E-state index contributed by atoms with van der Waals surface area (Å²) < 4.78 is 0. The number of nitrogens with zero attached hydrogens (tertiary/aromatic N) is 2. The van der Waals surface area contributed by atoms with Crippen molar-refractivity contribution in [3.63, 3.8) is 0 Å². The monoisotopic (exact) mass is 242 g/mol. The van der Waals surface area contributed by atoms with Crippen LogP contribution in [-0.2, 0) is 0 Å². The van der Waals surface area contributed by atoms with E-state index in [1.165, 1.54) is 30.6 Å². The minimum Gasteiger partial charge on any atom is -0.393 e. The number of hydrogen-bond donors (Lipinski definition) is 2. The van der Waals surface area contributed by atoms with Crippen molar-refractivity contribution in [3.8, 4) is 0 Å². The van der Waals surface area contributed by atoms with Gasteiger partial charge in [0.05, 0.1) is 17.2 Å². The molecule has 0 spiro atoms. The number of piperidine rings is 1. The van der Waals surface area contributed by atoms with Crippen LogP contribution in [0.25, 0.3) is 0 Å². The van der Waals surface area contributed by atoms with Crippen molar-refractivity contribution >= 4 is 16.5 Å². The molecule has 0 aliphatic carbocycles. The van der Waals surface area contributed by atoms with Crippen molar-refractivity contribution in [2.75, 3.05) is 24.6 Å². The van der Waals surface area contributed by atoms with Crippen LogP contribution in [0.4, 0.5) is 5.13 Å². The van der Waals surface area contributed by atoms with E-state index in [9.17, 15) is 5.11 Å². The predicted molar refractivity (Wildman–Crippen MR) is 65.0 cm³/mol. The first-order chi connectivity index (χ1) is 7.72. The molecule has 5 heteroatoms. The van der Waals surface area contributed by atoms with Crippen LogP contribution in [0.2, 0.25) is 0 Å². The number of anilines is 1. The second-order valence-corrected chi connectivity index (χ2v) is 5.20. The Bertz CT molecular complexity index is 348. The average Bonchev–Trinajstić information content (AvgIpc) is 2.71. The fraction of sp³-hybridized carbons (Fsp3) is 0.727. The molecule has 1 unspecified atom stereocenters. The lowest BCUT2D eigenvalue weighted by molar-refractivity contribution is 0.0977. The van der Waals surface area contributed by atoms with E-state index in [0.717, 1.165) is 28.8 Å². The molecule has 4 nitrogen and oxygen atoms in total. The van der Waals surface area contributed by atoms with Gasteiger partial charge >= 0.3 is 0 Å². The smallest absolute Gasteiger partial charge is 0.185 e. The molecule has 1 aromatic rings. The predicted octanol–water partition coefficient (Wildman–Crippen LogP) is 1.47. The maximum atomic E-state index is 9.62. The molecule has 2 heterocycles. The molecule has 0 amide bonds. The summed E-state index contributed by atoms with van der Waals surface area (Å²) >= 11 is 1.50. The minimum absolute atomic E-state index is 0.234. The highest BCUT2D eigenvalue weighted by Crippen LogP contribution is 2.31. The molecule has 0 bridgehead atoms. The van der Waals surface area contributed by atoms with E-state index in [1.54, 1.807) is 0 Å². The molecular formula is C11H18N2O2S. The van der Waals surface area contributed by atoms with Crippen molar-refractivity contribution in [1.29, 1.82) is 0 Å². The number of hydrogen-bond acceptors (Lipinski definition) is 5. The van der Waals surface area contributed by atoms with Crippen LogP contribution < -0.4 is 4.90 Å². The first-order valence-electron chi connectivity index (χ1n) is 5.73. The summed E-state index contributed by atoms with van der Waals surface area (Å²) in [5.41, 5.74) is 0.840. The van der Waals surface area contributed by atoms with Crippen molar-refractivity contribution in [1.82, 2.24) is 4.98 Å². The highest BCUT2D eigenvalue weighted by molar-refractivity contribution is 7.15. The fourth-order valence-electron chi connectivity index (χ4n) is 2.01. The molecule has 1 atom stereocenters.